The first-order chi connectivity index (χ1) is 8.96. The number of halogens is 3. The fraction of sp³-hybridized carbons (Fsp3) is 0.929. The molecule has 2 fully saturated rings. The highest BCUT2D eigenvalue weighted by Crippen LogP contribution is 2.30. The molecule has 0 radical (unpaired) electrons. The molecule has 6 heteroatoms. The van der Waals surface area contributed by atoms with E-state index in [9.17, 15) is 13.6 Å². The first kappa shape index (κ1) is 17.6. The van der Waals surface area contributed by atoms with Crippen molar-refractivity contribution >= 4 is 18.3 Å². The fourth-order valence-electron chi connectivity index (χ4n) is 3.25. The molecule has 0 spiro atoms. The number of amides is 1. The summed E-state index contributed by atoms with van der Waals surface area (Å²) in [5.41, 5.74) is 0. The number of hydrogen-bond donors (Lipinski definition) is 2. The van der Waals surface area contributed by atoms with Gasteiger partial charge in [-0.3, -0.25) is 10.1 Å². The Morgan fingerprint density at radius 1 is 1.40 bits per heavy atom. The lowest BCUT2D eigenvalue weighted by atomic mass is 9.81. The van der Waals surface area contributed by atoms with Crippen molar-refractivity contribution in [1.82, 2.24) is 10.6 Å². The molecule has 118 valence electrons. The maximum Gasteiger partial charge on any atom is 0.262 e. The van der Waals surface area contributed by atoms with Gasteiger partial charge in [-0.1, -0.05) is 26.2 Å². The van der Waals surface area contributed by atoms with Crippen LogP contribution >= 0.6 is 12.4 Å². The number of nitrogens with one attached hydrogen (secondary N) is 2. The van der Waals surface area contributed by atoms with Gasteiger partial charge in [0.25, 0.3) is 5.92 Å². The van der Waals surface area contributed by atoms with Crippen LogP contribution in [0.25, 0.3) is 0 Å². The van der Waals surface area contributed by atoms with Gasteiger partial charge in [-0.15, -0.1) is 12.4 Å². The van der Waals surface area contributed by atoms with Crippen molar-refractivity contribution in [2.24, 2.45) is 11.8 Å². The molecule has 1 amide bonds. The highest BCUT2D eigenvalue weighted by atomic mass is 35.5. The monoisotopic (exact) mass is 310 g/mol. The summed E-state index contributed by atoms with van der Waals surface area (Å²) in [6, 6.07) is -0.722. The minimum absolute atomic E-state index is 0. The highest BCUT2D eigenvalue weighted by molar-refractivity contribution is 5.85. The fourth-order valence-corrected chi connectivity index (χ4v) is 3.25. The third kappa shape index (κ3) is 5.17. The topological polar surface area (TPSA) is 41.1 Å². The van der Waals surface area contributed by atoms with E-state index in [0.29, 0.717) is 12.5 Å². The lowest BCUT2D eigenvalue weighted by Gasteiger charge is -2.26. The van der Waals surface area contributed by atoms with Crippen LogP contribution in [-0.4, -0.2) is 31.0 Å². The predicted octanol–water partition coefficient (Wildman–Crippen LogP) is 2.74. The van der Waals surface area contributed by atoms with Crippen LogP contribution in [0.1, 0.15) is 45.4 Å². The zero-order valence-electron chi connectivity index (χ0n) is 12.0. The molecular weight excluding hydrogens is 286 g/mol. The van der Waals surface area contributed by atoms with Crippen LogP contribution in [0.2, 0.25) is 0 Å². The first-order valence-electron chi connectivity index (χ1n) is 7.35. The van der Waals surface area contributed by atoms with E-state index in [2.05, 4.69) is 17.6 Å². The smallest absolute Gasteiger partial charge is 0.262 e. The molecule has 2 aliphatic rings. The molecule has 0 aromatic carbocycles. The Morgan fingerprint density at radius 3 is 2.75 bits per heavy atom. The SMILES string of the molecule is CC1CCCC(CCNC(=O)C2CC(F)(F)CN2)C1.Cl. The van der Waals surface area contributed by atoms with E-state index in [0.717, 1.165) is 12.3 Å². The predicted molar refractivity (Wildman–Crippen MR) is 77.4 cm³/mol. The van der Waals surface area contributed by atoms with Gasteiger partial charge in [-0.25, -0.2) is 8.78 Å². The summed E-state index contributed by atoms with van der Waals surface area (Å²) < 4.78 is 25.9. The third-order valence-electron chi connectivity index (χ3n) is 4.32. The summed E-state index contributed by atoms with van der Waals surface area (Å²) in [6.07, 6.45) is 5.65. The molecule has 2 rings (SSSR count). The molecule has 1 aliphatic heterocycles. The van der Waals surface area contributed by atoms with Crippen LogP contribution in [0, 0.1) is 11.8 Å². The number of alkyl halides is 2. The van der Waals surface area contributed by atoms with E-state index in [1.165, 1.54) is 25.7 Å². The average Bonchev–Trinajstić information content (AvgIpc) is 2.70. The summed E-state index contributed by atoms with van der Waals surface area (Å²) in [4.78, 5) is 11.7. The highest BCUT2D eigenvalue weighted by Gasteiger charge is 2.42. The van der Waals surface area contributed by atoms with Gasteiger partial charge in [0.05, 0.1) is 12.6 Å². The number of rotatable bonds is 4. The zero-order chi connectivity index (χ0) is 13.9. The Labute approximate surface area is 125 Å². The number of carbonyl (C=O) groups excluding carboxylic acids is 1. The summed E-state index contributed by atoms with van der Waals surface area (Å²) in [5, 5.41) is 5.37. The molecule has 0 aromatic heterocycles. The van der Waals surface area contributed by atoms with Crippen LogP contribution in [0.3, 0.4) is 0 Å². The van der Waals surface area contributed by atoms with Gasteiger partial charge in [0, 0.05) is 13.0 Å². The van der Waals surface area contributed by atoms with Crippen molar-refractivity contribution in [3.05, 3.63) is 0 Å². The van der Waals surface area contributed by atoms with Crippen molar-refractivity contribution < 1.29 is 13.6 Å². The molecule has 0 bridgehead atoms. The molecule has 2 N–H and O–H groups in total. The number of carbonyl (C=O) groups is 1. The van der Waals surface area contributed by atoms with Crippen molar-refractivity contribution in [1.29, 1.82) is 0 Å². The third-order valence-corrected chi connectivity index (χ3v) is 4.32. The van der Waals surface area contributed by atoms with E-state index < -0.39 is 12.0 Å². The largest absolute Gasteiger partial charge is 0.355 e. The second-order valence-corrected chi connectivity index (χ2v) is 6.21. The van der Waals surface area contributed by atoms with Gasteiger partial charge in [0.1, 0.15) is 0 Å². The van der Waals surface area contributed by atoms with E-state index >= 15 is 0 Å². The summed E-state index contributed by atoms with van der Waals surface area (Å²) >= 11 is 0. The Hall–Kier alpha value is -0.420. The molecule has 3 unspecified atom stereocenters. The van der Waals surface area contributed by atoms with Gasteiger partial charge in [0.2, 0.25) is 5.91 Å². The molecule has 1 heterocycles. The van der Waals surface area contributed by atoms with Crippen molar-refractivity contribution in [3.8, 4) is 0 Å². The molecule has 3 atom stereocenters. The van der Waals surface area contributed by atoms with E-state index in [4.69, 9.17) is 0 Å². The van der Waals surface area contributed by atoms with Gasteiger partial charge in [0.15, 0.2) is 0 Å². The van der Waals surface area contributed by atoms with Gasteiger partial charge >= 0.3 is 0 Å². The molecule has 3 nitrogen and oxygen atoms in total. The van der Waals surface area contributed by atoms with Crippen LogP contribution in [0.4, 0.5) is 8.78 Å². The molecule has 1 aliphatic carbocycles. The van der Waals surface area contributed by atoms with Crippen molar-refractivity contribution in [2.45, 2.75) is 57.4 Å². The Morgan fingerprint density at radius 2 is 2.15 bits per heavy atom. The van der Waals surface area contributed by atoms with E-state index in [1.807, 2.05) is 0 Å². The maximum atomic E-state index is 13.0. The first-order valence-corrected chi connectivity index (χ1v) is 7.35. The van der Waals surface area contributed by atoms with Crippen molar-refractivity contribution in [3.63, 3.8) is 0 Å². The van der Waals surface area contributed by atoms with Gasteiger partial charge in [-0.05, 0) is 24.7 Å². The lowest BCUT2D eigenvalue weighted by Crippen LogP contribution is -2.41. The second kappa shape index (κ2) is 7.55. The summed E-state index contributed by atoms with van der Waals surface area (Å²) in [6.45, 7) is 2.50. The summed E-state index contributed by atoms with van der Waals surface area (Å²) in [7, 11) is 0. The average molecular weight is 311 g/mol. The summed E-state index contributed by atoms with van der Waals surface area (Å²) in [5.74, 6) is -1.55. The maximum absolute atomic E-state index is 13.0. The minimum atomic E-state index is -2.74. The molecule has 1 saturated heterocycles. The van der Waals surface area contributed by atoms with Crippen molar-refractivity contribution in [2.75, 3.05) is 13.1 Å². The molecular formula is C14H25ClF2N2O. The standard InChI is InChI=1S/C14H24F2N2O.ClH/c1-10-3-2-4-11(7-10)5-6-17-13(19)12-8-14(15,16)9-18-12;/h10-12,18H,2-9H2,1H3,(H,17,19);1H. The van der Waals surface area contributed by atoms with Gasteiger partial charge in [-0.2, -0.15) is 0 Å². The van der Waals surface area contributed by atoms with Crippen LogP contribution in [-0.2, 0) is 4.79 Å². The van der Waals surface area contributed by atoms with E-state index in [-0.39, 0.29) is 31.3 Å². The van der Waals surface area contributed by atoms with Crippen LogP contribution in [0.5, 0.6) is 0 Å². The van der Waals surface area contributed by atoms with Crippen LogP contribution in [0.15, 0.2) is 0 Å². The Balaban J connectivity index is 0.00000200. The second-order valence-electron chi connectivity index (χ2n) is 6.21. The quantitative estimate of drug-likeness (QED) is 0.838. The van der Waals surface area contributed by atoms with Gasteiger partial charge < -0.3 is 5.32 Å². The Kier molecular flexibility index (Phi) is 6.65. The zero-order valence-corrected chi connectivity index (χ0v) is 12.8. The Bertz CT molecular complexity index is 328. The molecule has 1 saturated carbocycles. The lowest BCUT2D eigenvalue weighted by molar-refractivity contribution is -0.123. The number of hydrogen-bond acceptors (Lipinski definition) is 2. The van der Waals surface area contributed by atoms with Crippen LogP contribution < -0.4 is 10.6 Å². The van der Waals surface area contributed by atoms with E-state index in [1.54, 1.807) is 0 Å². The molecule has 0 aromatic rings. The molecule has 20 heavy (non-hydrogen) atoms. The minimum Gasteiger partial charge on any atom is -0.355 e. The normalized spacial score (nSPS) is 32.5.